The Balaban J connectivity index is 1.19. The van der Waals surface area contributed by atoms with Gasteiger partial charge in [0.05, 0.1) is 0 Å². The molecule has 1 saturated heterocycles. The van der Waals surface area contributed by atoms with Crippen LogP contribution in [-0.2, 0) is 20.7 Å². The minimum Gasteiger partial charge on any atom is -0.377 e. The Morgan fingerprint density at radius 1 is 0.277 bits per heavy atom. The van der Waals surface area contributed by atoms with Crippen molar-refractivity contribution in [3.8, 4) is 0 Å². The maximum absolute atomic E-state index is 14.9. The van der Waals surface area contributed by atoms with E-state index in [2.05, 4.69) is 170 Å². The zero-order valence-electron chi connectivity index (χ0n) is 35.4. The molecule has 12 aromatic carbocycles. The van der Waals surface area contributed by atoms with Gasteiger partial charge in [-0.05, 0) is 133 Å². The fourth-order valence-electron chi connectivity index (χ4n) is 11.4. The number of rotatable bonds is 6. The van der Waals surface area contributed by atoms with Crippen molar-refractivity contribution in [2.75, 3.05) is 6.79 Å². The predicted molar refractivity (Wildman–Crippen MR) is 266 cm³/mol. The summed E-state index contributed by atoms with van der Waals surface area (Å²) in [5.41, 5.74) is -1.16. The van der Waals surface area contributed by atoms with Crippen molar-refractivity contribution in [3.63, 3.8) is 0 Å². The van der Waals surface area contributed by atoms with Crippen LogP contribution in [0.25, 0.3) is 86.2 Å². The van der Waals surface area contributed by atoms with Crippen molar-refractivity contribution in [1.82, 2.24) is 0 Å². The summed E-state index contributed by atoms with van der Waals surface area (Å²) in [5, 5.41) is 45.5. The minimum absolute atomic E-state index is 0.159. The SMILES string of the molecule is OC(c1cc2ccccc2c2ccccc12)(c1cc2ccccc2c2ccccc12)[C@@H]1OCO[C@H]1C(O)(c1cc2ccccc2c2ccccc12)c1cc2ccccc2c2ccccc12. The molecule has 12 aromatic rings. The molecule has 0 radical (unpaired) electrons. The van der Waals surface area contributed by atoms with E-state index in [4.69, 9.17) is 9.47 Å². The van der Waals surface area contributed by atoms with Gasteiger partial charge in [0, 0.05) is 0 Å². The third kappa shape index (κ3) is 5.53. The van der Waals surface area contributed by atoms with E-state index in [-0.39, 0.29) is 6.79 Å². The number of aliphatic hydroxyl groups is 2. The van der Waals surface area contributed by atoms with Gasteiger partial charge in [-0.1, -0.05) is 194 Å². The van der Waals surface area contributed by atoms with Crippen LogP contribution < -0.4 is 0 Å². The third-order valence-corrected chi connectivity index (χ3v) is 14.3. The van der Waals surface area contributed by atoms with E-state index < -0.39 is 23.4 Å². The van der Waals surface area contributed by atoms with Gasteiger partial charge in [-0.25, -0.2) is 0 Å². The molecule has 0 bridgehead atoms. The molecule has 0 unspecified atom stereocenters. The third-order valence-electron chi connectivity index (χ3n) is 14.3. The summed E-state index contributed by atoms with van der Waals surface area (Å²) in [4.78, 5) is 0. The highest BCUT2D eigenvalue weighted by Crippen LogP contribution is 2.53. The van der Waals surface area contributed by atoms with Crippen molar-refractivity contribution < 1.29 is 19.7 Å². The molecule has 0 aliphatic carbocycles. The van der Waals surface area contributed by atoms with Crippen LogP contribution in [0.2, 0.25) is 0 Å². The number of hydrogen-bond acceptors (Lipinski definition) is 4. The summed E-state index contributed by atoms with van der Waals surface area (Å²) in [6.07, 6.45) is -2.31. The van der Waals surface area contributed by atoms with E-state index in [1.807, 2.05) is 48.5 Å². The fraction of sp³-hybridized carbons (Fsp3) is 0.0820. The molecule has 4 nitrogen and oxygen atoms in total. The molecule has 0 saturated carbocycles. The van der Waals surface area contributed by atoms with Gasteiger partial charge < -0.3 is 19.7 Å². The van der Waals surface area contributed by atoms with Crippen LogP contribution in [0.1, 0.15) is 22.3 Å². The number of ether oxygens (including phenoxy) is 2. The molecule has 1 aliphatic heterocycles. The zero-order chi connectivity index (χ0) is 43.3. The molecule has 2 atom stereocenters. The quantitative estimate of drug-likeness (QED) is 0.164. The largest absolute Gasteiger partial charge is 0.377 e. The lowest BCUT2D eigenvalue weighted by Gasteiger charge is -2.44. The molecular weight excluding hydrogens is 797 g/mol. The van der Waals surface area contributed by atoms with Gasteiger partial charge in [0.1, 0.15) is 30.2 Å². The summed E-state index contributed by atoms with van der Waals surface area (Å²) in [5.74, 6) is 0. The van der Waals surface area contributed by atoms with Gasteiger partial charge in [0.15, 0.2) is 0 Å². The van der Waals surface area contributed by atoms with Crippen LogP contribution in [0.3, 0.4) is 0 Å². The first-order valence-corrected chi connectivity index (χ1v) is 22.3. The maximum atomic E-state index is 14.9. The molecule has 13 rings (SSSR count). The van der Waals surface area contributed by atoms with E-state index in [1.165, 1.54) is 0 Å². The van der Waals surface area contributed by atoms with E-state index in [0.29, 0.717) is 22.3 Å². The summed E-state index contributed by atoms with van der Waals surface area (Å²) in [6, 6.07) is 75.0. The van der Waals surface area contributed by atoms with Crippen LogP contribution in [0.5, 0.6) is 0 Å². The lowest BCUT2D eigenvalue weighted by atomic mass is 9.68. The van der Waals surface area contributed by atoms with E-state index >= 15 is 0 Å². The average Bonchev–Trinajstić information content (AvgIpc) is 3.89. The van der Waals surface area contributed by atoms with Crippen molar-refractivity contribution in [2.24, 2.45) is 0 Å². The van der Waals surface area contributed by atoms with Gasteiger partial charge in [-0.3, -0.25) is 0 Å². The van der Waals surface area contributed by atoms with Gasteiger partial charge in [-0.15, -0.1) is 0 Å². The smallest absolute Gasteiger partial charge is 0.148 e. The van der Waals surface area contributed by atoms with Gasteiger partial charge in [0.25, 0.3) is 0 Å². The molecule has 1 fully saturated rings. The van der Waals surface area contributed by atoms with E-state index in [1.54, 1.807) is 0 Å². The summed E-state index contributed by atoms with van der Waals surface area (Å²) in [6.45, 7) is -0.159. The van der Waals surface area contributed by atoms with Crippen LogP contribution in [0.4, 0.5) is 0 Å². The highest BCUT2D eigenvalue weighted by atomic mass is 16.7. The van der Waals surface area contributed by atoms with Crippen LogP contribution in [0, 0.1) is 0 Å². The Morgan fingerprint density at radius 2 is 0.477 bits per heavy atom. The van der Waals surface area contributed by atoms with Crippen LogP contribution in [-0.4, -0.2) is 29.2 Å². The lowest BCUT2D eigenvalue weighted by Crippen LogP contribution is -2.55. The van der Waals surface area contributed by atoms with Crippen molar-refractivity contribution in [1.29, 1.82) is 0 Å². The molecular formula is C61H42O4. The normalized spacial score (nSPS) is 16.0. The standard InChI is InChI=1S/C61H42O4/c62-60(54-33-38-17-1-5-21-42(38)46-25-9-13-29-50(46)54,55-34-39-18-2-6-22-43(39)47-26-10-14-30-51(47)55)58-59(65-37-64-58)61(63,56-35-40-19-3-7-23-44(40)48-27-11-15-31-52(48)56)57-36-41-20-4-8-24-45(41)49-28-12-16-32-53(49)57/h1-36,58-59,62-63H,37H2/t58-,59-/m1/s1. The minimum atomic E-state index is -1.91. The van der Waals surface area contributed by atoms with Crippen molar-refractivity contribution >= 4 is 86.2 Å². The lowest BCUT2D eigenvalue weighted by molar-refractivity contribution is -0.108. The Kier molecular flexibility index (Phi) is 8.52. The highest BCUT2D eigenvalue weighted by Gasteiger charge is 2.59. The second-order valence-corrected chi connectivity index (χ2v) is 17.6. The number of benzene rings is 12. The zero-order valence-corrected chi connectivity index (χ0v) is 35.4. The fourth-order valence-corrected chi connectivity index (χ4v) is 11.4. The Hall–Kier alpha value is -7.44. The van der Waals surface area contributed by atoms with E-state index in [0.717, 1.165) is 86.2 Å². The van der Waals surface area contributed by atoms with Crippen molar-refractivity contribution in [3.05, 3.63) is 241 Å². The number of hydrogen-bond donors (Lipinski definition) is 2. The first kappa shape index (κ1) is 38.1. The summed E-state index contributed by atoms with van der Waals surface area (Å²) >= 11 is 0. The topological polar surface area (TPSA) is 58.9 Å². The average molecular weight is 839 g/mol. The van der Waals surface area contributed by atoms with Gasteiger partial charge >= 0.3 is 0 Å². The molecule has 1 heterocycles. The second-order valence-electron chi connectivity index (χ2n) is 17.6. The van der Waals surface area contributed by atoms with Gasteiger partial charge in [0.2, 0.25) is 0 Å². The van der Waals surface area contributed by atoms with E-state index in [9.17, 15) is 10.2 Å². The highest BCUT2D eigenvalue weighted by molar-refractivity contribution is 6.14. The first-order valence-electron chi connectivity index (χ1n) is 22.3. The molecule has 65 heavy (non-hydrogen) atoms. The van der Waals surface area contributed by atoms with Gasteiger partial charge in [-0.2, -0.15) is 0 Å². The van der Waals surface area contributed by atoms with Crippen molar-refractivity contribution in [2.45, 2.75) is 23.4 Å². The maximum Gasteiger partial charge on any atom is 0.148 e. The van der Waals surface area contributed by atoms with Crippen LogP contribution >= 0.6 is 0 Å². The predicted octanol–water partition coefficient (Wildman–Crippen LogP) is 13.8. The molecule has 1 aliphatic rings. The molecule has 0 amide bonds. The molecule has 2 N–H and O–H groups in total. The number of fused-ring (bicyclic) bond motifs is 12. The Labute approximate surface area is 375 Å². The first-order chi connectivity index (χ1) is 32.0. The van der Waals surface area contributed by atoms with Crippen LogP contribution in [0.15, 0.2) is 218 Å². The monoisotopic (exact) mass is 838 g/mol. The Morgan fingerprint density at radius 3 is 0.723 bits per heavy atom. The Bertz CT molecular complexity index is 3400. The molecule has 310 valence electrons. The second kappa shape index (κ2) is 14.5. The molecule has 4 heteroatoms. The molecule has 0 aromatic heterocycles. The molecule has 0 spiro atoms. The summed E-state index contributed by atoms with van der Waals surface area (Å²) < 4.78 is 14.0. The summed E-state index contributed by atoms with van der Waals surface area (Å²) in [7, 11) is 0.